The van der Waals surface area contributed by atoms with Gasteiger partial charge in [-0.3, -0.25) is 38.7 Å². The fourth-order valence-corrected chi connectivity index (χ4v) is 5.05. The molecular formula is C29H43N5O14. The minimum Gasteiger partial charge on any atom is -0.491 e. The van der Waals surface area contributed by atoms with Gasteiger partial charge in [0.25, 0.3) is 0 Å². The van der Waals surface area contributed by atoms with Crippen molar-refractivity contribution in [2.24, 2.45) is 0 Å². The molecular weight excluding hydrogens is 642 g/mol. The van der Waals surface area contributed by atoms with Gasteiger partial charge in [-0.1, -0.05) is 6.07 Å². The van der Waals surface area contributed by atoms with Crippen LogP contribution in [0, 0.1) is 0 Å². The first-order valence-corrected chi connectivity index (χ1v) is 15.1. The lowest BCUT2D eigenvalue weighted by Crippen LogP contribution is -2.48. The Labute approximate surface area is 276 Å². The van der Waals surface area contributed by atoms with Crippen molar-refractivity contribution in [2.75, 3.05) is 110 Å². The Hall–Kier alpha value is -4.72. The Morgan fingerprint density at radius 1 is 0.562 bits per heavy atom. The summed E-state index contributed by atoms with van der Waals surface area (Å²) < 4.78 is 11.2. The van der Waals surface area contributed by atoms with Crippen LogP contribution in [0.5, 0.6) is 11.5 Å². The Bertz CT molecular complexity index is 1220. The second-order valence-corrected chi connectivity index (χ2v) is 11.0. The van der Waals surface area contributed by atoms with Crippen LogP contribution in [0.2, 0.25) is 0 Å². The highest BCUT2D eigenvalue weighted by Gasteiger charge is 2.24. The first-order chi connectivity index (χ1) is 22.7. The van der Waals surface area contributed by atoms with Gasteiger partial charge in [0.05, 0.1) is 26.2 Å². The van der Waals surface area contributed by atoms with E-state index in [1.807, 2.05) is 4.90 Å². The highest BCUT2D eigenvalue weighted by atomic mass is 16.5. The highest BCUT2D eigenvalue weighted by molar-refractivity contribution is 5.83. The number of hydrogen-bond acceptors (Lipinski definition) is 13. The van der Waals surface area contributed by atoms with Gasteiger partial charge in [0.2, 0.25) is 0 Å². The molecule has 0 aliphatic carbocycles. The molecule has 19 heteroatoms. The molecule has 0 aromatic heterocycles. The smallest absolute Gasteiger partial charge is 0.341 e. The van der Waals surface area contributed by atoms with E-state index in [4.69, 9.17) is 14.6 Å². The minimum absolute atomic E-state index is 0.0413. The summed E-state index contributed by atoms with van der Waals surface area (Å²) in [7, 11) is 0. The van der Waals surface area contributed by atoms with Crippen LogP contribution in [0.25, 0.3) is 0 Å². The molecule has 1 aliphatic heterocycles. The summed E-state index contributed by atoms with van der Waals surface area (Å²) in [6.07, 6.45) is 0.391. The predicted molar refractivity (Wildman–Crippen MR) is 166 cm³/mol. The Morgan fingerprint density at radius 3 is 1.33 bits per heavy atom. The third-order valence-electron chi connectivity index (χ3n) is 7.16. The first-order valence-electron chi connectivity index (χ1n) is 15.1. The SMILES string of the molecule is O=C(O)COc1cccc(OCCCN2CCN(CC(=O)O)CCN(CC(=O)O)CCN(CC(=O)O)CC2)c1N(CC(=O)O)CC(=O)O. The number of anilines is 1. The molecule has 1 fully saturated rings. The predicted octanol–water partition coefficient (Wildman–Crippen LogP) is -1.63. The molecule has 0 radical (unpaired) electrons. The molecule has 1 saturated heterocycles. The van der Waals surface area contributed by atoms with Crippen LogP contribution >= 0.6 is 0 Å². The van der Waals surface area contributed by atoms with Crippen LogP contribution in [0.4, 0.5) is 5.69 Å². The number of benzene rings is 1. The van der Waals surface area contributed by atoms with E-state index in [-0.39, 0.29) is 69.6 Å². The second-order valence-electron chi connectivity index (χ2n) is 11.0. The van der Waals surface area contributed by atoms with Crippen LogP contribution in [-0.4, -0.2) is 191 Å². The van der Waals surface area contributed by atoms with Gasteiger partial charge in [0, 0.05) is 58.9 Å². The molecule has 0 unspecified atom stereocenters. The zero-order valence-corrected chi connectivity index (χ0v) is 26.4. The van der Waals surface area contributed by atoms with Crippen LogP contribution in [0.3, 0.4) is 0 Å². The quantitative estimate of drug-likeness (QED) is 0.0893. The molecule has 0 saturated carbocycles. The maximum Gasteiger partial charge on any atom is 0.341 e. The summed E-state index contributed by atoms with van der Waals surface area (Å²) in [6, 6.07) is 4.32. The molecule has 19 nitrogen and oxygen atoms in total. The zero-order valence-electron chi connectivity index (χ0n) is 26.4. The van der Waals surface area contributed by atoms with Gasteiger partial charge < -0.3 is 49.9 Å². The van der Waals surface area contributed by atoms with Crippen molar-refractivity contribution in [1.82, 2.24) is 19.6 Å². The van der Waals surface area contributed by atoms with E-state index in [2.05, 4.69) is 0 Å². The number of hydrogen-bond donors (Lipinski definition) is 6. The maximum absolute atomic E-state index is 11.5. The van der Waals surface area contributed by atoms with E-state index in [0.29, 0.717) is 39.1 Å². The summed E-state index contributed by atoms with van der Waals surface area (Å²) in [6.45, 7) is 0.0296. The molecule has 0 amide bonds. The van der Waals surface area contributed by atoms with Gasteiger partial charge in [0.1, 0.15) is 30.3 Å². The molecule has 2 rings (SSSR count). The van der Waals surface area contributed by atoms with Crippen molar-refractivity contribution in [3.8, 4) is 11.5 Å². The summed E-state index contributed by atoms with van der Waals surface area (Å²) in [5, 5.41) is 56.0. The molecule has 0 atom stereocenters. The van der Waals surface area contributed by atoms with Crippen molar-refractivity contribution in [3.05, 3.63) is 18.2 Å². The van der Waals surface area contributed by atoms with Gasteiger partial charge in [-0.2, -0.15) is 0 Å². The van der Waals surface area contributed by atoms with E-state index in [1.165, 1.54) is 18.2 Å². The average molecular weight is 686 g/mol. The van der Waals surface area contributed by atoms with E-state index >= 15 is 0 Å². The largest absolute Gasteiger partial charge is 0.491 e. The van der Waals surface area contributed by atoms with Crippen molar-refractivity contribution in [1.29, 1.82) is 0 Å². The summed E-state index contributed by atoms with van der Waals surface area (Å²) in [4.78, 5) is 76.7. The normalized spacial score (nSPS) is 15.8. The number of nitrogens with zero attached hydrogens (tertiary/aromatic N) is 5. The van der Waals surface area contributed by atoms with Crippen LogP contribution < -0.4 is 14.4 Å². The monoisotopic (exact) mass is 685 g/mol. The number of carbonyl (C=O) groups is 6. The topological polar surface area (TPSA) is 258 Å². The summed E-state index contributed by atoms with van der Waals surface area (Å²) in [5.74, 6) is -7.12. The molecule has 0 bridgehead atoms. The molecule has 1 aromatic carbocycles. The van der Waals surface area contributed by atoms with Gasteiger partial charge in [-0.05, 0) is 18.6 Å². The second kappa shape index (κ2) is 20.5. The molecule has 1 aromatic rings. The highest BCUT2D eigenvalue weighted by Crippen LogP contribution is 2.38. The lowest BCUT2D eigenvalue weighted by molar-refractivity contribution is -0.140. The molecule has 1 heterocycles. The van der Waals surface area contributed by atoms with Crippen molar-refractivity contribution >= 4 is 41.5 Å². The van der Waals surface area contributed by atoms with E-state index in [9.17, 15) is 54.3 Å². The maximum atomic E-state index is 11.5. The van der Waals surface area contributed by atoms with Crippen LogP contribution in [-0.2, 0) is 28.8 Å². The number of carboxylic acids is 6. The zero-order chi connectivity index (χ0) is 35.6. The third kappa shape index (κ3) is 15.7. The van der Waals surface area contributed by atoms with E-state index in [0.717, 1.165) is 4.90 Å². The number of para-hydroxylation sites is 1. The molecule has 6 N–H and O–H groups in total. The fraction of sp³-hybridized carbons (Fsp3) is 0.586. The molecule has 1 aliphatic rings. The standard InChI is InChI=1S/C29H43N5O14/c35-23(36)15-31-8-6-30(7-9-32(16-24(37)38)11-13-33(12-10-31)17-25(39)40)5-2-14-47-21-3-1-4-22(48-20-28(45)46)29(21)34(18-26(41)42)19-27(43)44/h1,3-4H,2,5-20H2,(H,35,36)(H,37,38)(H,39,40)(H,41,42)(H,43,44)(H,45,46). The molecule has 48 heavy (non-hydrogen) atoms. The molecule has 0 spiro atoms. The minimum atomic E-state index is -1.34. The van der Waals surface area contributed by atoms with Crippen molar-refractivity contribution < 1.29 is 68.9 Å². The number of ether oxygens (including phenoxy) is 2. The van der Waals surface area contributed by atoms with Gasteiger partial charge in [-0.15, -0.1) is 0 Å². The Morgan fingerprint density at radius 2 is 0.958 bits per heavy atom. The lowest BCUT2D eigenvalue weighted by atomic mass is 10.2. The lowest BCUT2D eigenvalue weighted by Gasteiger charge is -2.33. The fourth-order valence-electron chi connectivity index (χ4n) is 5.05. The van der Waals surface area contributed by atoms with E-state index in [1.54, 1.807) is 14.7 Å². The Balaban J connectivity index is 2.21. The van der Waals surface area contributed by atoms with Gasteiger partial charge >= 0.3 is 35.8 Å². The van der Waals surface area contributed by atoms with Crippen LogP contribution in [0.15, 0.2) is 18.2 Å². The summed E-state index contributed by atoms with van der Waals surface area (Å²) in [5.41, 5.74) is -0.0413. The Kier molecular flexibility index (Phi) is 16.9. The third-order valence-corrected chi connectivity index (χ3v) is 7.16. The number of aliphatic carboxylic acids is 6. The van der Waals surface area contributed by atoms with Crippen LogP contribution in [0.1, 0.15) is 6.42 Å². The van der Waals surface area contributed by atoms with Crippen molar-refractivity contribution in [3.63, 3.8) is 0 Å². The average Bonchev–Trinajstić information content (AvgIpc) is 2.97. The molecule has 268 valence electrons. The van der Waals surface area contributed by atoms with E-state index < -0.39 is 55.5 Å². The number of carboxylic acid groups (broad SMARTS) is 6. The van der Waals surface area contributed by atoms with Gasteiger partial charge in [0.15, 0.2) is 6.61 Å². The van der Waals surface area contributed by atoms with Gasteiger partial charge in [-0.25, -0.2) is 4.79 Å². The first kappa shape index (κ1) is 39.5. The van der Waals surface area contributed by atoms with Crippen molar-refractivity contribution in [2.45, 2.75) is 6.42 Å². The summed E-state index contributed by atoms with van der Waals surface area (Å²) >= 11 is 0. The number of rotatable bonds is 19.